The molecular weight excluding hydrogens is 144 g/mol. The summed E-state index contributed by atoms with van der Waals surface area (Å²) in [6.45, 7) is -0.676. The maximum atomic E-state index is 9.76. The second-order valence-corrected chi connectivity index (χ2v) is 1.84. The van der Waals surface area contributed by atoms with E-state index in [4.69, 9.17) is 15.3 Å². The summed E-state index contributed by atoms with van der Waals surface area (Å²) in [5, 5.41) is 25.0. The summed E-state index contributed by atoms with van der Waals surface area (Å²) in [5.74, 6) is -1.81. The van der Waals surface area contributed by atoms with Crippen LogP contribution in [0, 0.1) is 0 Å². The molecule has 1 rings (SSSR count). The molecule has 6 heteroatoms. The van der Waals surface area contributed by atoms with Crippen molar-refractivity contribution in [2.75, 3.05) is 6.61 Å². The van der Waals surface area contributed by atoms with E-state index in [-0.39, 0.29) is 0 Å². The molecule has 1 saturated heterocycles. The molecule has 0 spiro atoms. The number of ether oxygens (including phenoxy) is 2. The van der Waals surface area contributed by atoms with E-state index in [0.717, 1.165) is 0 Å². The van der Waals surface area contributed by atoms with Gasteiger partial charge in [-0.15, -0.1) is 0 Å². The number of hydrogen-bond acceptors (Lipinski definition) is 5. The van der Waals surface area contributed by atoms with Gasteiger partial charge in [-0.3, -0.25) is 4.74 Å². The molecule has 0 bridgehead atoms. The average Bonchev–Trinajstić information content (AvgIpc) is 2.43. The molecule has 1 aliphatic heterocycles. The Morgan fingerprint density at radius 3 is 2.70 bits per heavy atom. The number of aliphatic hydroxyl groups excluding tert-OH is 1. The molecule has 0 saturated carbocycles. The van der Waals surface area contributed by atoms with Crippen molar-refractivity contribution in [2.24, 2.45) is 0 Å². The Balaban J connectivity index is 2.31. The van der Waals surface area contributed by atoms with Gasteiger partial charge < -0.3 is 20.1 Å². The minimum atomic E-state index is -1.81. The Kier molecular flexibility index (Phi) is 1.51. The Bertz CT molecular complexity index is 156. The Morgan fingerprint density at radius 2 is 2.40 bits per heavy atom. The second kappa shape index (κ2) is 2.08. The van der Waals surface area contributed by atoms with E-state index in [0.29, 0.717) is 0 Å². The van der Waals surface area contributed by atoms with Crippen molar-refractivity contribution in [3.05, 3.63) is 0 Å². The third-order valence-electron chi connectivity index (χ3n) is 1.06. The SMILES string of the molecule is O=C(O)OC1OC1(O)CO. The van der Waals surface area contributed by atoms with Crippen molar-refractivity contribution in [1.82, 2.24) is 0 Å². The summed E-state index contributed by atoms with van der Waals surface area (Å²) < 4.78 is 8.22. The summed E-state index contributed by atoms with van der Waals surface area (Å²) in [6.07, 6.45) is -2.79. The van der Waals surface area contributed by atoms with Gasteiger partial charge >= 0.3 is 6.16 Å². The van der Waals surface area contributed by atoms with E-state index in [1.807, 2.05) is 0 Å². The average molecular weight is 150 g/mol. The van der Waals surface area contributed by atoms with E-state index >= 15 is 0 Å². The molecule has 6 nitrogen and oxygen atoms in total. The first-order valence-corrected chi connectivity index (χ1v) is 2.49. The summed E-state index contributed by atoms with van der Waals surface area (Å²) in [4.78, 5) is 9.76. The smallest absolute Gasteiger partial charge is 0.450 e. The molecule has 1 heterocycles. The van der Waals surface area contributed by atoms with Gasteiger partial charge in [-0.05, 0) is 0 Å². The summed E-state index contributed by atoms with van der Waals surface area (Å²) >= 11 is 0. The number of hydrogen-bond donors (Lipinski definition) is 3. The maximum absolute atomic E-state index is 9.76. The van der Waals surface area contributed by atoms with E-state index < -0.39 is 24.8 Å². The first-order chi connectivity index (χ1) is 4.58. The number of aliphatic hydroxyl groups is 2. The van der Waals surface area contributed by atoms with Gasteiger partial charge in [-0.2, -0.15) is 0 Å². The van der Waals surface area contributed by atoms with Gasteiger partial charge in [-0.25, -0.2) is 4.79 Å². The van der Waals surface area contributed by atoms with Crippen molar-refractivity contribution in [3.63, 3.8) is 0 Å². The van der Waals surface area contributed by atoms with Gasteiger partial charge in [0.1, 0.15) is 6.61 Å². The van der Waals surface area contributed by atoms with Crippen molar-refractivity contribution < 1.29 is 29.6 Å². The van der Waals surface area contributed by atoms with Crippen LogP contribution in [-0.4, -0.2) is 40.2 Å². The van der Waals surface area contributed by atoms with Crippen LogP contribution in [0.5, 0.6) is 0 Å². The summed E-state index contributed by atoms with van der Waals surface area (Å²) in [6, 6.07) is 0. The van der Waals surface area contributed by atoms with Crippen LogP contribution in [0.4, 0.5) is 4.79 Å². The lowest BCUT2D eigenvalue weighted by atomic mass is 10.4. The summed E-state index contributed by atoms with van der Waals surface area (Å²) in [7, 11) is 0. The predicted molar refractivity (Wildman–Crippen MR) is 26.0 cm³/mol. The van der Waals surface area contributed by atoms with Crippen molar-refractivity contribution in [3.8, 4) is 0 Å². The Morgan fingerprint density at radius 1 is 1.80 bits per heavy atom. The molecule has 0 aromatic carbocycles. The fourth-order valence-corrected chi connectivity index (χ4v) is 0.471. The van der Waals surface area contributed by atoms with Crippen LogP contribution >= 0.6 is 0 Å². The zero-order valence-corrected chi connectivity index (χ0v) is 4.85. The highest BCUT2D eigenvalue weighted by molar-refractivity contribution is 5.57. The zero-order chi connectivity index (χ0) is 7.78. The molecule has 0 aromatic heterocycles. The molecule has 0 amide bonds. The van der Waals surface area contributed by atoms with Crippen LogP contribution in [0.15, 0.2) is 0 Å². The molecular formula is C4H6O6. The van der Waals surface area contributed by atoms with E-state index in [1.54, 1.807) is 0 Å². The second-order valence-electron chi connectivity index (χ2n) is 1.84. The minimum Gasteiger partial charge on any atom is -0.450 e. The number of epoxide rings is 1. The quantitative estimate of drug-likeness (QED) is 0.335. The molecule has 2 unspecified atom stereocenters. The van der Waals surface area contributed by atoms with Crippen molar-refractivity contribution in [2.45, 2.75) is 12.1 Å². The summed E-state index contributed by atoms with van der Waals surface area (Å²) in [5.41, 5.74) is 0. The van der Waals surface area contributed by atoms with Crippen molar-refractivity contribution in [1.29, 1.82) is 0 Å². The van der Waals surface area contributed by atoms with Crippen LogP contribution in [-0.2, 0) is 9.47 Å². The zero-order valence-electron chi connectivity index (χ0n) is 4.85. The Labute approximate surface area is 55.6 Å². The van der Waals surface area contributed by atoms with Crippen LogP contribution in [0.1, 0.15) is 0 Å². The first kappa shape index (κ1) is 7.26. The van der Waals surface area contributed by atoms with Gasteiger partial charge in [0.2, 0.25) is 0 Å². The third kappa shape index (κ3) is 1.18. The van der Waals surface area contributed by atoms with Gasteiger partial charge in [0.05, 0.1) is 0 Å². The molecule has 0 aliphatic carbocycles. The van der Waals surface area contributed by atoms with E-state index in [2.05, 4.69) is 9.47 Å². The lowest BCUT2D eigenvalue weighted by Gasteiger charge is -1.96. The highest BCUT2D eigenvalue weighted by Gasteiger charge is 2.59. The highest BCUT2D eigenvalue weighted by Crippen LogP contribution is 2.33. The predicted octanol–water partition coefficient (Wildman–Crippen LogP) is -1.28. The molecule has 58 valence electrons. The number of carboxylic acid groups (broad SMARTS) is 1. The molecule has 1 fully saturated rings. The fourth-order valence-electron chi connectivity index (χ4n) is 0.471. The maximum Gasteiger partial charge on any atom is 0.508 e. The van der Waals surface area contributed by atoms with Crippen LogP contribution in [0.2, 0.25) is 0 Å². The molecule has 2 atom stereocenters. The standard InChI is InChI=1S/C4H6O6/c5-1-4(8)2(10-4)9-3(6)7/h2,5,8H,1H2,(H,6,7). The van der Waals surface area contributed by atoms with Gasteiger partial charge in [0.15, 0.2) is 0 Å². The van der Waals surface area contributed by atoms with Crippen molar-refractivity contribution >= 4 is 6.16 Å². The molecule has 1 aliphatic rings. The first-order valence-electron chi connectivity index (χ1n) is 2.49. The molecule has 0 radical (unpaired) electrons. The van der Waals surface area contributed by atoms with Crippen LogP contribution in [0.25, 0.3) is 0 Å². The van der Waals surface area contributed by atoms with Gasteiger partial charge in [0, 0.05) is 0 Å². The van der Waals surface area contributed by atoms with Crippen LogP contribution in [0.3, 0.4) is 0 Å². The lowest BCUT2D eigenvalue weighted by molar-refractivity contribution is -0.0165. The Hall–Kier alpha value is -0.850. The van der Waals surface area contributed by atoms with E-state index in [9.17, 15) is 4.79 Å². The topological polar surface area (TPSA) is 99.5 Å². The monoisotopic (exact) mass is 150 g/mol. The minimum absolute atomic E-state index is 0.676. The molecule has 10 heavy (non-hydrogen) atoms. The number of rotatable bonds is 2. The normalized spacial score (nSPS) is 37.2. The molecule has 0 aromatic rings. The van der Waals surface area contributed by atoms with E-state index in [1.165, 1.54) is 0 Å². The van der Waals surface area contributed by atoms with Crippen LogP contribution < -0.4 is 0 Å². The third-order valence-corrected chi connectivity index (χ3v) is 1.06. The van der Waals surface area contributed by atoms with Gasteiger partial charge in [0.25, 0.3) is 12.1 Å². The highest BCUT2D eigenvalue weighted by atomic mass is 16.9. The molecule has 3 N–H and O–H groups in total. The fraction of sp³-hybridized carbons (Fsp3) is 0.750. The van der Waals surface area contributed by atoms with Gasteiger partial charge in [-0.1, -0.05) is 0 Å². The lowest BCUT2D eigenvalue weighted by Crippen LogP contribution is -2.22. The largest absolute Gasteiger partial charge is 0.508 e. The number of carbonyl (C=O) groups is 1.